The van der Waals surface area contributed by atoms with Crippen LogP contribution in [0, 0.1) is 13.8 Å². The predicted octanol–water partition coefficient (Wildman–Crippen LogP) is 3.63. The lowest BCUT2D eigenvalue weighted by Gasteiger charge is -2.27. The summed E-state index contributed by atoms with van der Waals surface area (Å²) in [6.45, 7) is 10.9. The van der Waals surface area contributed by atoms with E-state index >= 15 is 0 Å². The van der Waals surface area contributed by atoms with Crippen molar-refractivity contribution in [3.63, 3.8) is 0 Å². The molecule has 1 aliphatic rings. The molecule has 0 spiro atoms. The summed E-state index contributed by atoms with van der Waals surface area (Å²) >= 11 is 1.46. The highest BCUT2D eigenvalue weighted by Crippen LogP contribution is 2.31. The smallest absolute Gasteiger partial charge is 0.261 e. The number of nitrogens with one attached hydrogen (secondary N) is 1. The van der Waals surface area contributed by atoms with E-state index in [0.29, 0.717) is 6.54 Å². The Hall–Kier alpha value is -2.35. The van der Waals surface area contributed by atoms with Crippen LogP contribution in [0.5, 0.6) is 0 Å². The lowest BCUT2D eigenvalue weighted by atomic mass is 10.1. The van der Waals surface area contributed by atoms with Crippen LogP contribution in [0.15, 0.2) is 24.3 Å². The molecule has 0 unspecified atom stereocenters. The Morgan fingerprint density at radius 2 is 1.90 bits per heavy atom. The first-order valence-electron chi connectivity index (χ1n) is 10.5. The molecule has 0 atom stereocenters. The molecule has 1 saturated heterocycles. The van der Waals surface area contributed by atoms with Crippen LogP contribution in [0.3, 0.4) is 0 Å². The molecule has 1 fully saturated rings. The Morgan fingerprint density at radius 1 is 1.17 bits per heavy atom. The molecule has 0 radical (unpaired) electrons. The standard InChI is InChI=1S/C23H28N4O2S/c1-4-19-25-16(3)20-15(2)21(30-23(20)26-19)22(28)24-13-17-7-5-6-8-18(17)14-27-9-11-29-12-10-27/h5-8H,4,9-14H2,1-3H3,(H,24,28). The minimum absolute atomic E-state index is 0.0471. The van der Waals surface area contributed by atoms with Gasteiger partial charge in [-0.05, 0) is 30.5 Å². The molecule has 6 nitrogen and oxygen atoms in total. The summed E-state index contributed by atoms with van der Waals surface area (Å²) < 4.78 is 5.45. The number of morpholine rings is 1. The summed E-state index contributed by atoms with van der Waals surface area (Å²) in [5.41, 5.74) is 4.32. The summed E-state index contributed by atoms with van der Waals surface area (Å²) in [7, 11) is 0. The molecular weight excluding hydrogens is 396 g/mol. The molecule has 3 heterocycles. The highest BCUT2D eigenvalue weighted by atomic mass is 32.1. The fourth-order valence-electron chi connectivity index (χ4n) is 3.91. The van der Waals surface area contributed by atoms with E-state index in [1.54, 1.807) is 0 Å². The first-order valence-corrected chi connectivity index (χ1v) is 11.3. The Balaban J connectivity index is 1.50. The molecule has 7 heteroatoms. The quantitative estimate of drug-likeness (QED) is 0.654. The molecular formula is C23H28N4O2S. The van der Waals surface area contributed by atoms with Gasteiger partial charge in [-0.15, -0.1) is 11.3 Å². The minimum atomic E-state index is -0.0471. The number of hydrogen-bond acceptors (Lipinski definition) is 6. The van der Waals surface area contributed by atoms with Crippen molar-refractivity contribution < 1.29 is 9.53 Å². The number of amides is 1. The summed E-state index contributed by atoms with van der Waals surface area (Å²) in [5.74, 6) is 0.777. The molecule has 30 heavy (non-hydrogen) atoms. The van der Waals surface area contributed by atoms with Crippen molar-refractivity contribution in [2.75, 3.05) is 26.3 Å². The summed E-state index contributed by atoms with van der Waals surface area (Å²) in [5, 5.41) is 4.13. The number of benzene rings is 1. The first kappa shape index (κ1) is 20.9. The average Bonchev–Trinajstić information content (AvgIpc) is 3.10. The Bertz CT molecular complexity index is 1060. The van der Waals surface area contributed by atoms with Gasteiger partial charge in [-0.1, -0.05) is 31.2 Å². The number of aryl methyl sites for hydroxylation is 3. The Morgan fingerprint density at radius 3 is 2.63 bits per heavy atom. The predicted molar refractivity (Wildman–Crippen MR) is 120 cm³/mol. The topological polar surface area (TPSA) is 67.4 Å². The van der Waals surface area contributed by atoms with Gasteiger partial charge >= 0.3 is 0 Å². The van der Waals surface area contributed by atoms with Crippen LogP contribution in [-0.4, -0.2) is 47.1 Å². The maximum atomic E-state index is 13.0. The number of fused-ring (bicyclic) bond motifs is 1. The lowest BCUT2D eigenvalue weighted by Crippen LogP contribution is -2.36. The molecule has 4 rings (SSSR count). The van der Waals surface area contributed by atoms with Crippen LogP contribution in [0.2, 0.25) is 0 Å². The number of carbonyl (C=O) groups excluding carboxylic acids is 1. The van der Waals surface area contributed by atoms with Gasteiger partial charge in [0.05, 0.1) is 18.1 Å². The van der Waals surface area contributed by atoms with Crippen LogP contribution in [0.1, 0.15) is 44.8 Å². The van der Waals surface area contributed by atoms with E-state index in [0.717, 1.165) is 77.0 Å². The third-order valence-electron chi connectivity index (χ3n) is 5.60. The van der Waals surface area contributed by atoms with Crippen molar-refractivity contribution >= 4 is 27.5 Å². The van der Waals surface area contributed by atoms with Gasteiger partial charge in [0.15, 0.2) is 0 Å². The molecule has 1 amide bonds. The summed E-state index contributed by atoms with van der Waals surface area (Å²) in [6, 6.07) is 8.33. The molecule has 0 bridgehead atoms. The van der Waals surface area contributed by atoms with Crippen LogP contribution >= 0.6 is 11.3 Å². The van der Waals surface area contributed by atoms with Gasteiger partial charge < -0.3 is 10.1 Å². The second kappa shape index (κ2) is 9.20. The van der Waals surface area contributed by atoms with Crippen molar-refractivity contribution in [3.05, 3.63) is 57.4 Å². The molecule has 1 aliphatic heterocycles. The van der Waals surface area contributed by atoms with Crippen molar-refractivity contribution in [2.24, 2.45) is 0 Å². The van der Waals surface area contributed by atoms with Crippen molar-refractivity contribution in [3.8, 4) is 0 Å². The zero-order valence-electron chi connectivity index (χ0n) is 17.8. The highest BCUT2D eigenvalue weighted by Gasteiger charge is 2.19. The molecule has 0 aliphatic carbocycles. The van der Waals surface area contributed by atoms with Crippen LogP contribution < -0.4 is 5.32 Å². The van der Waals surface area contributed by atoms with Gasteiger partial charge in [-0.3, -0.25) is 9.69 Å². The molecule has 3 aromatic rings. The van der Waals surface area contributed by atoms with E-state index in [2.05, 4.69) is 38.4 Å². The number of aromatic nitrogens is 2. The number of ether oxygens (including phenoxy) is 1. The fraction of sp³-hybridized carbons (Fsp3) is 0.435. The second-order valence-corrected chi connectivity index (χ2v) is 8.65. The van der Waals surface area contributed by atoms with Crippen LogP contribution in [0.4, 0.5) is 0 Å². The highest BCUT2D eigenvalue weighted by molar-refractivity contribution is 7.20. The first-order chi connectivity index (χ1) is 14.6. The zero-order chi connectivity index (χ0) is 21.1. The summed E-state index contributed by atoms with van der Waals surface area (Å²) in [6.07, 6.45) is 0.787. The molecule has 158 valence electrons. The van der Waals surface area contributed by atoms with Crippen LogP contribution in [0.25, 0.3) is 10.2 Å². The van der Waals surface area contributed by atoms with Gasteiger partial charge in [-0.2, -0.15) is 0 Å². The largest absolute Gasteiger partial charge is 0.379 e. The molecule has 0 saturated carbocycles. The second-order valence-electron chi connectivity index (χ2n) is 7.66. The van der Waals surface area contributed by atoms with E-state index in [1.807, 2.05) is 26.8 Å². The third-order valence-corrected chi connectivity index (χ3v) is 6.78. The van der Waals surface area contributed by atoms with Gasteiger partial charge in [0.2, 0.25) is 0 Å². The van der Waals surface area contributed by atoms with E-state index in [4.69, 9.17) is 4.74 Å². The monoisotopic (exact) mass is 424 g/mol. The van der Waals surface area contributed by atoms with E-state index in [1.165, 1.54) is 16.9 Å². The third kappa shape index (κ3) is 4.38. The number of thiophene rings is 1. The van der Waals surface area contributed by atoms with E-state index in [-0.39, 0.29) is 5.91 Å². The van der Waals surface area contributed by atoms with E-state index in [9.17, 15) is 4.79 Å². The van der Waals surface area contributed by atoms with Crippen molar-refractivity contribution in [1.82, 2.24) is 20.2 Å². The minimum Gasteiger partial charge on any atom is -0.379 e. The number of carbonyl (C=O) groups is 1. The normalized spacial score (nSPS) is 14.9. The Labute approximate surface area is 181 Å². The van der Waals surface area contributed by atoms with Gasteiger partial charge in [0.25, 0.3) is 5.91 Å². The Kier molecular flexibility index (Phi) is 6.41. The lowest BCUT2D eigenvalue weighted by molar-refractivity contribution is 0.0340. The fourth-order valence-corrected chi connectivity index (χ4v) is 5.08. The van der Waals surface area contributed by atoms with Gasteiger partial charge in [0, 0.05) is 43.7 Å². The zero-order valence-corrected chi connectivity index (χ0v) is 18.6. The maximum absolute atomic E-state index is 13.0. The molecule has 1 N–H and O–H groups in total. The number of hydrogen-bond donors (Lipinski definition) is 1. The maximum Gasteiger partial charge on any atom is 0.261 e. The van der Waals surface area contributed by atoms with Gasteiger partial charge in [0.1, 0.15) is 10.7 Å². The van der Waals surface area contributed by atoms with Crippen molar-refractivity contribution in [2.45, 2.75) is 40.3 Å². The molecule has 2 aromatic heterocycles. The SMILES string of the molecule is CCc1nc(C)c2c(C)c(C(=O)NCc3ccccc3CN3CCOCC3)sc2n1. The number of rotatable bonds is 6. The number of nitrogens with zero attached hydrogens (tertiary/aromatic N) is 3. The average molecular weight is 425 g/mol. The van der Waals surface area contributed by atoms with Crippen molar-refractivity contribution in [1.29, 1.82) is 0 Å². The summed E-state index contributed by atoms with van der Waals surface area (Å²) in [4.78, 5) is 26.2. The molecule has 1 aromatic carbocycles. The van der Waals surface area contributed by atoms with Crippen LogP contribution in [-0.2, 0) is 24.2 Å². The van der Waals surface area contributed by atoms with E-state index < -0.39 is 0 Å². The van der Waals surface area contributed by atoms with Gasteiger partial charge in [-0.25, -0.2) is 9.97 Å².